The topological polar surface area (TPSA) is 55.8 Å². The molecule has 0 N–H and O–H groups in total. The van der Waals surface area contributed by atoms with Crippen molar-refractivity contribution in [2.75, 3.05) is 7.11 Å². The number of methoxy groups -OCH3 is 1. The molecule has 0 saturated carbocycles. The van der Waals surface area contributed by atoms with E-state index in [1.54, 1.807) is 25.0 Å². The third kappa shape index (κ3) is 5.28. The Kier molecular flexibility index (Phi) is 6.75. The van der Waals surface area contributed by atoms with E-state index in [2.05, 4.69) is 0 Å². The highest BCUT2D eigenvalue weighted by Gasteiger charge is 2.38. The van der Waals surface area contributed by atoms with E-state index in [0.29, 0.717) is 22.8 Å². The van der Waals surface area contributed by atoms with Crippen LogP contribution in [0.2, 0.25) is 5.02 Å². The zero-order valence-corrected chi connectivity index (χ0v) is 19.3. The van der Waals surface area contributed by atoms with Gasteiger partial charge in [0.05, 0.1) is 19.2 Å². The fraction of sp³-hybridized carbons (Fsp3) is 0.360. The van der Waals surface area contributed by atoms with Gasteiger partial charge in [0, 0.05) is 23.1 Å². The van der Waals surface area contributed by atoms with Crippen molar-refractivity contribution in [2.24, 2.45) is 0 Å². The predicted molar refractivity (Wildman–Crippen MR) is 121 cm³/mol. The smallest absolute Gasteiger partial charge is 0.336 e. The monoisotopic (exact) mass is 441 g/mol. The van der Waals surface area contributed by atoms with Crippen molar-refractivity contribution in [3.05, 3.63) is 76.0 Å². The summed E-state index contributed by atoms with van der Waals surface area (Å²) in [6.07, 6.45) is 0.145. The van der Waals surface area contributed by atoms with Crippen LogP contribution in [0, 0.1) is 0 Å². The summed E-state index contributed by atoms with van der Waals surface area (Å²) in [5, 5.41) is 0.526. The zero-order chi connectivity index (χ0) is 22.8. The molecular formula is C25H28ClNO4. The quantitative estimate of drug-likeness (QED) is 0.576. The largest absolute Gasteiger partial charge is 0.497 e. The molecule has 6 heteroatoms. The maximum atomic E-state index is 13.2. The minimum atomic E-state index is -0.655. The number of amides is 1. The zero-order valence-electron chi connectivity index (χ0n) is 18.6. The fourth-order valence-electron chi connectivity index (χ4n) is 3.74. The Labute approximate surface area is 188 Å². The highest BCUT2D eigenvalue weighted by atomic mass is 35.5. The lowest BCUT2D eigenvalue weighted by atomic mass is 9.83. The van der Waals surface area contributed by atoms with Crippen molar-refractivity contribution in [2.45, 2.75) is 52.2 Å². The van der Waals surface area contributed by atoms with Gasteiger partial charge in [-0.15, -0.1) is 0 Å². The van der Waals surface area contributed by atoms with Gasteiger partial charge in [-0.2, -0.15) is 0 Å². The van der Waals surface area contributed by atoms with E-state index in [1.807, 2.05) is 63.2 Å². The van der Waals surface area contributed by atoms with Crippen LogP contribution < -0.4 is 4.74 Å². The molecule has 5 nitrogen and oxygen atoms in total. The van der Waals surface area contributed by atoms with Gasteiger partial charge < -0.3 is 14.4 Å². The second-order valence-electron chi connectivity index (χ2n) is 8.61. The molecule has 0 radical (unpaired) electrons. The second kappa shape index (κ2) is 9.15. The molecule has 2 aromatic carbocycles. The summed E-state index contributed by atoms with van der Waals surface area (Å²) in [4.78, 5) is 28.0. The number of halogens is 1. The first-order valence-corrected chi connectivity index (χ1v) is 10.6. The van der Waals surface area contributed by atoms with E-state index < -0.39 is 17.5 Å². The number of allylic oxidation sites excluding steroid dienone is 1. The average molecular weight is 442 g/mol. The molecule has 0 unspecified atom stereocenters. The number of rotatable bonds is 5. The maximum Gasteiger partial charge on any atom is 0.336 e. The van der Waals surface area contributed by atoms with Gasteiger partial charge in [0.2, 0.25) is 5.91 Å². The van der Waals surface area contributed by atoms with Crippen LogP contribution in [0.3, 0.4) is 0 Å². The van der Waals surface area contributed by atoms with Crippen molar-refractivity contribution in [3.8, 4) is 5.75 Å². The summed E-state index contributed by atoms with van der Waals surface area (Å²) in [6, 6.07) is 14.8. The highest BCUT2D eigenvalue weighted by Crippen LogP contribution is 2.40. The predicted octanol–water partition coefficient (Wildman–Crippen LogP) is 5.48. The molecule has 1 heterocycles. The summed E-state index contributed by atoms with van der Waals surface area (Å²) in [7, 11) is 1.61. The molecule has 0 saturated heterocycles. The first-order chi connectivity index (χ1) is 14.6. The van der Waals surface area contributed by atoms with Crippen molar-refractivity contribution >= 4 is 23.5 Å². The number of carbonyl (C=O) groups excluding carboxylic acids is 2. The normalized spacial score (nSPS) is 17.0. The van der Waals surface area contributed by atoms with E-state index in [-0.39, 0.29) is 12.3 Å². The van der Waals surface area contributed by atoms with Crippen molar-refractivity contribution in [3.63, 3.8) is 0 Å². The first-order valence-electron chi connectivity index (χ1n) is 10.2. The molecule has 2 aromatic rings. The maximum absolute atomic E-state index is 13.2. The second-order valence-corrected chi connectivity index (χ2v) is 9.01. The molecule has 0 aliphatic carbocycles. The molecule has 0 spiro atoms. The molecule has 31 heavy (non-hydrogen) atoms. The van der Waals surface area contributed by atoms with Gasteiger partial charge in [-0.3, -0.25) is 4.79 Å². The summed E-state index contributed by atoms with van der Waals surface area (Å²) in [6.45, 7) is 7.64. The molecule has 0 aromatic heterocycles. The molecular weight excluding hydrogens is 414 g/mol. The van der Waals surface area contributed by atoms with Crippen LogP contribution in [-0.2, 0) is 20.9 Å². The molecule has 164 valence electrons. The van der Waals surface area contributed by atoms with E-state index in [1.165, 1.54) is 0 Å². The third-order valence-corrected chi connectivity index (χ3v) is 5.57. The molecule has 1 atom stereocenters. The number of hydrogen-bond acceptors (Lipinski definition) is 4. The highest BCUT2D eigenvalue weighted by molar-refractivity contribution is 6.31. The number of nitrogens with zero attached hydrogens (tertiary/aromatic N) is 1. The van der Waals surface area contributed by atoms with Crippen LogP contribution in [-0.4, -0.2) is 29.5 Å². The van der Waals surface area contributed by atoms with E-state index in [0.717, 1.165) is 16.9 Å². The Balaban J connectivity index is 2.04. The van der Waals surface area contributed by atoms with Crippen LogP contribution in [0.5, 0.6) is 5.75 Å². The van der Waals surface area contributed by atoms with Gasteiger partial charge in [0.15, 0.2) is 0 Å². The molecule has 1 aliphatic heterocycles. The lowest BCUT2D eigenvalue weighted by Crippen LogP contribution is -2.39. The molecule has 3 rings (SSSR count). The van der Waals surface area contributed by atoms with E-state index in [4.69, 9.17) is 21.1 Å². The Bertz CT molecular complexity index is 1000. The summed E-state index contributed by atoms with van der Waals surface area (Å²) in [5.41, 5.74) is 2.09. The Hall–Kier alpha value is -2.79. The summed E-state index contributed by atoms with van der Waals surface area (Å²) in [5.74, 6) is -0.204. The fourth-order valence-corrected chi connectivity index (χ4v) is 4.01. The Morgan fingerprint density at radius 2 is 1.77 bits per heavy atom. The van der Waals surface area contributed by atoms with Gasteiger partial charge in [-0.1, -0.05) is 41.9 Å². The summed E-state index contributed by atoms with van der Waals surface area (Å²) < 4.78 is 10.9. The van der Waals surface area contributed by atoms with E-state index in [9.17, 15) is 9.59 Å². The van der Waals surface area contributed by atoms with Crippen molar-refractivity contribution < 1.29 is 19.1 Å². The minimum absolute atomic E-state index is 0.0643. The van der Waals surface area contributed by atoms with Crippen molar-refractivity contribution in [1.82, 2.24) is 4.90 Å². The van der Waals surface area contributed by atoms with E-state index >= 15 is 0 Å². The number of ether oxygens (including phenoxy) is 2. The van der Waals surface area contributed by atoms with Crippen LogP contribution in [0.15, 0.2) is 59.8 Å². The van der Waals surface area contributed by atoms with Crippen LogP contribution >= 0.6 is 11.6 Å². The lowest BCUT2D eigenvalue weighted by molar-refractivity contribution is -0.150. The van der Waals surface area contributed by atoms with Crippen LogP contribution in [0.4, 0.5) is 0 Å². The standard InChI is InChI=1S/C25H28ClNO4/c1-16-23(24(29)31-25(2,3)4)20(19-8-6-7-9-21(19)26)14-22(28)27(16)15-17-10-12-18(30-5)13-11-17/h6-13,20H,14-15H2,1-5H3/t20-/m0/s1. The number of esters is 1. The van der Waals surface area contributed by atoms with Gasteiger partial charge in [0.25, 0.3) is 0 Å². The Morgan fingerprint density at radius 3 is 2.35 bits per heavy atom. The van der Waals surface area contributed by atoms with Gasteiger partial charge in [0.1, 0.15) is 11.4 Å². The van der Waals surface area contributed by atoms with Gasteiger partial charge in [-0.05, 0) is 57.0 Å². The molecule has 1 aliphatic rings. The van der Waals surface area contributed by atoms with Crippen LogP contribution in [0.25, 0.3) is 0 Å². The number of carbonyl (C=O) groups is 2. The Morgan fingerprint density at radius 1 is 1.13 bits per heavy atom. The van der Waals surface area contributed by atoms with Crippen molar-refractivity contribution in [1.29, 1.82) is 0 Å². The number of hydrogen-bond donors (Lipinski definition) is 0. The van der Waals surface area contributed by atoms with Gasteiger partial charge in [-0.25, -0.2) is 4.79 Å². The minimum Gasteiger partial charge on any atom is -0.497 e. The number of benzene rings is 2. The average Bonchev–Trinajstić information content (AvgIpc) is 2.70. The van der Waals surface area contributed by atoms with Crippen LogP contribution in [0.1, 0.15) is 51.2 Å². The molecule has 0 bridgehead atoms. The molecule has 1 amide bonds. The SMILES string of the molecule is COc1ccc(CN2C(=O)C[C@@H](c3ccccc3Cl)C(C(=O)OC(C)(C)C)=C2C)cc1. The molecule has 0 fully saturated rings. The summed E-state index contributed by atoms with van der Waals surface area (Å²) >= 11 is 6.44. The third-order valence-electron chi connectivity index (χ3n) is 5.22. The van der Waals surface area contributed by atoms with Gasteiger partial charge >= 0.3 is 5.97 Å². The first kappa shape index (κ1) is 22.9. The lowest BCUT2D eigenvalue weighted by Gasteiger charge is -2.35.